The maximum atomic E-state index is 12.7. The van der Waals surface area contributed by atoms with Crippen LogP contribution in [0.1, 0.15) is 155 Å². The van der Waals surface area contributed by atoms with Crippen molar-refractivity contribution in [2.24, 2.45) is 0 Å². The molecule has 0 spiro atoms. The molecule has 0 aromatic carbocycles. The molecule has 1 N–H and O–H groups in total. The number of quaternary nitrogens is 1. The molecule has 2 unspecified atom stereocenters. The van der Waals surface area contributed by atoms with Gasteiger partial charge >= 0.3 is 19.8 Å². The third-order valence-corrected chi connectivity index (χ3v) is 10.3. The van der Waals surface area contributed by atoms with E-state index in [1.54, 1.807) is 0 Å². The second kappa shape index (κ2) is 42.9. The lowest BCUT2D eigenvalue weighted by Crippen LogP contribution is -2.37. The summed E-state index contributed by atoms with van der Waals surface area (Å²) in [5.41, 5.74) is 0. The average molecular weight is 885 g/mol. The number of carbonyl (C=O) groups is 2. The number of hydrogen-bond acceptors (Lipinski definition) is 7. The average Bonchev–Trinajstić information content (AvgIpc) is 3.23. The molecule has 10 heteroatoms. The molecule has 2 atom stereocenters. The Balaban J connectivity index is 4.36. The lowest BCUT2D eigenvalue weighted by Gasteiger charge is -2.24. The van der Waals surface area contributed by atoms with E-state index in [4.69, 9.17) is 18.5 Å². The summed E-state index contributed by atoms with van der Waals surface area (Å²) in [7, 11) is 1.43. The van der Waals surface area contributed by atoms with E-state index in [1.807, 2.05) is 21.1 Å². The van der Waals surface area contributed by atoms with Crippen LogP contribution < -0.4 is 0 Å². The van der Waals surface area contributed by atoms with Gasteiger partial charge in [0.2, 0.25) is 0 Å². The molecule has 9 nitrogen and oxygen atoms in total. The molecule has 62 heavy (non-hydrogen) atoms. The molecule has 0 aromatic rings. The Morgan fingerprint density at radius 1 is 0.500 bits per heavy atom. The number of phosphoric ester groups is 1. The Bertz CT molecular complexity index is 1420. The number of rotatable bonds is 41. The van der Waals surface area contributed by atoms with Crippen molar-refractivity contribution in [3.05, 3.63) is 109 Å². The topological polar surface area (TPSA) is 108 Å². The second-order valence-corrected chi connectivity index (χ2v) is 17.8. The summed E-state index contributed by atoms with van der Waals surface area (Å²) in [6.45, 7) is 4.11. The molecule has 0 aliphatic rings. The van der Waals surface area contributed by atoms with Crippen LogP contribution in [0, 0.1) is 0 Å². The summed E-state index contributed by atoms with van der Waals surface area (Å²) < 4.78 is 34.3. The molecule has 0 radical (unpaired) electrons. The van der Waals surface area contributed by atoms with Gasteiger partial charge in [-0.2, -0.15) is 0 Å². The molecule has 0 amide bonds. The van der Waals surface area contributed by atoms with E-state index in [-0.39, 0.29) is 26.1 Å². The number of unbranched alkanes of at least 4 members (excludes halogenated alkanes) is 9. The highest BCUT2D eigenvalue weighted by molar-refractivity contribution is 7.47. The molecular weight excluding hydrogens is 798 g/mol. The highest BCUT2D eigenvalue weighted by Crippen LogP contribution is 2.43. The van der Waals surface area contributed by atoms with Crippen molar-refractivity contribution >= 4 is 19.8 Å². The van der Waals surface area contributed by atoms with Crippen LogP contribution in [0.2, 0.25) is 0 Å². The van der Waals surface area contributed by atoms with Gasteiger partial charge in [0.05, 0.1) is 27.7 Å². The highest BCUT2D eigenvalue weighted by atomic mass is 31.2. The van der Waals surface area contributed by atoms with Crippen molar-refractivity contribution in [2.75, 3.05) is 47.5 Å². The lowest BCUT2D eigenvalue weighted by atomic mass is 10.1. The molecule has 0 fully saturated rings. The van der Waals surface area contributed by atoms with Gasteiger partial charge in [-0.3, -0.25) is 18.6 Å². The molecular formula is C52H87NO8P+. The van der Waals surface area contributed by atoms with E-state index in [1.165, 1.54) is 0 Å². The summed E-state index contributed by atoms with van der Waals surface area (Å²) in [5.74, 6) is -0.862. The third kappa shape index (κ3) is 46.2. The van der Waals surface area contributed by atoms with Crippen LogP contribution in [-0.4, -0.2) is 74.9 Å². The number of esters is 2. The standard InChI is InChI=1S/C52H86NO8P/c1-6-8-10-12-14-16-18-20-21-22-23-24-25-26-27-28-29-30-31-33-35-37-39-41-43-45-52(55)61-50(49-60-62(56,57)59-47-46-53(3,4)5)48-58-51(54)44-42-40-38-36-34-32-19-17-15-13-11-9-7-2/h8-11,14-17,20-21,23-24,26-27,29-30,32,34,50H,6-7,12-13,18-19,22,25,28,31,33,35-49H2,1-5H3/p+1/b10-8-,11-9-,16-14-,17-15-,21-20-,24-23-,27-26-,30-29-,34-32-. The van der Waals surface area contributed by atoms with Crippen molar-refractivity contribution in [1.29, 1.82) is 0 Å². The van der Waals surface area contributed by atoms with Crippen LogP contribution in [0.25, 0.3) is 0 Å². The minimum absolute atomic E-state index is 0.0169. The molecule has 352 valence electrons. The van der Waals surface area contributed by atoms with E-state index >= 15 is 0 Å². The lowest BCUT2D eigenvalue weighted by molar-refractivity contribution is -0.870. The number of ether oxygens (including phenoxy) is 2. The quantitative estimate of drug-likeness (QED) is 0.0213. The first-order valence-corrected chi connectivity index (χ1v) is 25.1. The summed E-state index contributed by atoms with van der Waals surface area (Å²) in [6, 6.07) is 0. The van der Waals surface area contributed by atoms with Crippen molar-refractivity contribution < 1.29 is 42.1 Å². The van der Waals surface area contributed by atoms with Crippen LogP contribution in [0.3, 0.4) is 0 Å². The highest BCUT2D eigenvalue weighted by Gasteiger charge is 2.27. The molecule has 0 aromatic heterocycles. The van der Waals surface area contributed by atoms with Gasteiger partial charge in [0.15, 0.2) is 6.10 Å². The minimum Gasteiger partial charge on any atom is -0.462 e. The fraction of sp³-hybridized carbons (Fsp3) is 0.615. The Hall–Kier alpha value is -3.33. The number of carbonyl (C=O) groups excluding carboxylic acids is 2. The number of allylic oxidation sites excluding steroid dienone is 18. The van der Waals surface area contributed by atoms with E-state index in [2.05, 4.69) is 123 Å². The number of hydrogen-bond donors (Lipinski definition) is 1. The Labute approximate surface area is 378 Å². The molecule has 0 rings (SSSR count). The summed E-state index contributed by atoms with van der Waals surface area (Å²) in [4.78, 5) is 35.4. The zero-order chi connectivity index (χ0) is 45.7. The number of nitrogens with zero attached hydrogens (tertiary/aromatic N) is 1. The van der Waals surface area contributed by atoms with Crippen molar-refractivity contribution in [1.82, 2.24) is 0 Å². The van der Waals surface area contributed by atoms with Crippen molar-refractivity contribution in [3.63, 3.8) is 0 Å². The van der Waals surface area contributed by atoms with E-state index in [0.29, 0.717) is 23.9 Å². The van der Waals surface area contributed by atoms with Crippen LogP contribution in [0.5, 0.6) is 0 Å². The second-order valence-electron chi connectivity index (χ2n) is 16.4. The summed E-state index contributed by atoms with van der Waals surface area (Å²) >= 11 is 0. The van der Waals surface area contributed by atoms with Crippen LogP contribution in [-0.2, 0) is 32.7 Å². The first-order chi connectivity index (χ1) is 30.0. The van der Waals surface area contributed by atoms with Crippen LogP contribution in [0.4, 0.5) is 0 Å². The monoisotopic (exact) mass is 885 g/mol. The first-order valence-electron chi connectivity index (χ1n) is 23.6. The Kier molecular flexibility index (Phi) is 40.6. The predicted octanol–water partition coefficient (Wildman–Crippen LogP) is 13.9. The number of phosphoric acid groups is 1. The summed E-state index contributed by atoms with van der Waals surface area (Å²) in [6.07, 6.45) is 58.6. The Morgan fingerprint density at radius 3 is 1.31 bits per heavy atom. The largest absolute Gasteiger partial charge is 0.472 e. The maximum absolute atomic E-state index is 12.7. The minimum atomic E-state index is -4.40. The van der Waals surface area contributed by atoms with Crippen molar-refractivity contribution in [2.45, 2.75) is 161 Å². The van der Waals surface area contributed by atoms with Gasteiger partial charge < -0.3 is 18.9 Å². The molecule has 0 heterocycles. The van der Waals surface area contributed by atoms with Crippen LogP contribution >= 0.6 is 7.82 Å². The zero-order valence-corrected chi connectivity index (χ0v) is 40.4. The van der Waals surface area contributed by atoms with Gasteiger partial charge in [-0.15, -0.1) is 0 Å². The van der Waals surface area contributed by atoms with Gasteiger partial charge in [-0.25, -0.2) is 4.57 Å². The molecule has 0 saturated carbocycles. The molecule has 0 aliphatic heterocycles. The van der Waals surface area contributed by atoms with E-state index < -0.39 is 32.5 Å². The van der Waals surface area contributed by atoms with E-state index in [9.17, 15) is 19.0 Å². The molecule has 0 saturated heterocycles. The fourth-order valence-electron chi connectivity index (χ4n) is 5.68. The van der Waals surface area contributed by atoms with Gasteiger partial charge in [0.25, 0.3) is 0 Å². The normalized spacial score (nSPS) is 14.5. The fourth-order valence-corrected chi connectivity index (χ4v) is 6.42. The first kappa shape index (κ1) is 58.7. The Morgan fingerprint density at radius 2 is 0.871 bits per heavy atom. The van der Waals surface area contributed by atoms with Gasteiger partial charge in [0.1, 0.15) is 19.8 Å². The smallest absolute Gasteiger partial charge is 0.462 e. The zero-order valence-electron chi connectivity index (χ0n) is 39.6. The van der Waals surface area contributed by atoms with E-state index in [0.717, 1.165) is 116 Å². The van der Waals surface area contributed by atoms with Gasteiger partial charge in [-0.1, -0.05) is 155 Å². The number of likely N-dealkylation sites (N-methyl/N-ethyl adjacent to an activating group) is 1. The predicted molar refractivity (Wildman–Crippen MR) is 261 cm³/mol. The van der Waals surface area contributed by atoms with Crippen molar-refractivity contribution in [3.8, 4) is 0 Å². The molecule has 0 bridgehead atoms. The van der Waals surface area contributed by atoms with Gasteiger partial charge in [-0.05, 0) is 96.3 Å². The van der Waals surface area contributed by atoms with Gasteiger partial charge in [0, 0.05) is 12.8 Å². The summed E-state index contributed by atoms with van der Waals surface area (Å²) in [5, 5.41) is 0. The maximum Gasteiger partial charge on any atom is 0.472 e. The SMILES string of the molecule is CC/C=C\C/C=C\C/C=C\C/C=C\C/C=C\C/C=C\CCCCCCCCC(=O)OC(COC(=O)CCCCC/C=C\C/C=C\C/C=C\CC)COP(=O)(O)OCC[N+](C)(C)C. The molecule has 0 aliphatic carbocycles. The van der Waals surface area contributed by atoms with Crippen LogP contribution in [0.15, 0.2) is 109 Å². The third-order valence-electron chi connectivity index (χ3n) is 9.30.